The number of hydrogen-bond acceptors (Lipinski definition) is 8. The largest absolute Gasteiger partial charge is 0.420 e. The van der Waals surface area contributed by atoms with Gasteiger partial charge in [-0.25, -0.2) is 0 Å². The first-order chi connectivity index (χ1) is 10.7. The lowest BCUT2D eigenvalue weighted by atomic mass is 10.2. The van der Waals surface area contributed by atoms with E-state index in [0.29, 0.717) is 22.6 Å². The summed E-state index contributed by atoms with van der Waals surface area (Å²) < 4.78 is 7.54. The summed E-state index contributed by atoms with van der Waals surface area (Å²) >= 11 is 10.7. The second-order valence-corrected chi connectivity index (χ2v) is 8.21. The zero-order chi connectivity index (χ0) is 15.4. The summed E-state index contributed by atoms with van der Waals surface area (Å²) in [6.45, 7) is 2.09. The minimum absolute atomic E-state index is 0.492. The second-order valence-electron chi connectivity index (χ2n) is 4.06. The highest BCUT2D eigenvalue weighted by atomic mass is 35.5. The SMILES string of the molecule is CCSc1nnc(SCc2nnc(-c3ccc(Cl)cc3)o2)s1. The summed E-state index contributed by atoms with van der Waals surface area (Å²) in [5.74, 6) is 2.63. The number of rotatable bonds is 6. The topological polar surface area (TPSA) is 64.7 Å². The molecular weight excluding hydrogens is 360 g/mol. The van der Waals surface area contributed by atoms with Gasteiger partial charge in [-0.3, -0.25) is 0 Å². The molecule has 0 aliphatic heterocycles. The van der Waals surface area contributed by atoms with Crippen molar-refractivity contribution >= 4 is 46.5 Å². The summed E-state index contributed by atoms with van der Waals surface area (Å²) in [5, 5.41) is 17.0. The average molecular weight is 371 g/mol. The highest BCUT2D eigenvalue weighted by molar-refractivity contribution is 8.02. The van der Waals surface area contributed by atoms with Crippen LogP contribution >= 0.6 is 46.5 Å². The van der Waals surface area contributed by atoms with E-state index < -0.39 is 0 Å². The molecule has 3 rings (SSSR count). The monoisotopic (exact) mass is 370 g/mol. The molecule has 114 valence electrons. The third-order valence-electron chi connectivity index (χ3n) is 2.53. The van der Waals surface area contributed by atoms with E-state index in [1.807, 2.05) is 12.1 Å². The molecule has 0 atom stereocenters. The summed E-state index contributed by atoms with van der Waals surface area (Å²) in [4.78, 5) is 0. The van der Waals surface area contributed by atoms with E-state index >= 15 is 0 Å². The molecule has 0 radical (unpaired) electrons. The molecule has 0 fully saturated rings. The fourth-order valence-corrected chi connectivity index (χ4v) is 4.46. The number of hydrogen-bond donors (Lipinski definition) is 0. The van der Waals surface area contributed by atoms with Crippen molar-refractivity contribution in [3.8, 4) is 11.5 Å². The van der Waals surface area contributed by atoms with E-state index in [9.17, 15) is 0 Å². The second kappa shape index (κ2) is 7.45. The van der Waals surface area contributed by atoms with Crippen LogP contribution in [0, 0.1) is 0 Å². The number of thioether (sulfide) groups is 2. The van der Waals surface area contributed by atoms with Crippen molar-refractivity contribution in [3.05, 3.63) is 35.2 Å². The number of benzene rings is 1. The molecule has 0 amide bonds. The van der Waals surface area contributed by atoms with Gasteiger partial charge >= 0.3 is 0 Å². The van der Waals surface area contributed by atoms with Crippen molar-refractivity contribution < 1.29 is 4.42 Å². The van der Waals surface area contributed by atoms with Crippen LogP contribution < -0.4 is 0 Å². The number of halogens is 1. The zero-order valence-corrected chi connectivity index (χ0v) is 14.7. The molecule has 0 aliphatic rings. The Morgan fingerprint density at radius 3 is 2.50 bits per heavy atom. The van der Waals surface area contributed by atoms with Gasteiger partial charge in [0.15, 0.2) is 8.68 Å². The first-order valence-electron chi connectivity index (χ1n) is 6.42. The minimum atomic E-state index is 0.492. The van der Waals surface area contributed by atoms with Gasteiger partial charge in [-0.15, -0.1) is 20.4 Å². The Balaban J connectivity index is 1.62. The van der Waals surface area contributed by atoms with Crippen molar-refractivity contribution in [3.63, 3.8) is 0 Å². The smallest absolute Gasteiger partial charge is 0.247 e. The van der Waals surface area contributed by atoms with Crippen LogP contribution in [0.3, 0.4) is 0 Å². The molecule has 5 nitrogen and oxygen atoms in total. The maximum atomic E-state index is 5.86. The molecule has 2 heterocycles. The number of aromatic nitrogens is 4. The summed E-state index contributed by atoms with van der Waals surface area (Å²) in [7, 11) is 0. The van der Waals surface area contributed by atoms with Crippen molar-refractivity contribution in [2.24, 2.45) is 0 Å². The molecule has 9 heteroatoms. The Morgan fingerprint density at radius 1 is 1.05 bits per heavy atom. The highest BCUT2D eigenvalue weighted by Gasteiger charge is 2.11. The molecule has 0 N–H and O–H groups in total. The molecule has 2 aromatic heterocycles. The van der Waals surface area contributed by atoms with Gasteiger partial charge in [-0.05, 0) is 30.0 Å². The Kier molecular flexibility index (Phi) is 5.35. The van der Waals surface area contributed by atoms with Gasteiger partial charge in [-0.1, -0.05) is 53.4 Å². The summed E-state index contributed by atoms with van der Waals surface area (Å²) in [6.07, 6.45) is 0. The fourth-order valence-electron chi connectivity index (χ4n) is 1.58. The van der Waals surface area contributed by atoms with Crippen LogP contribution in [0.25, 0.3) is 11.5 Å². The Hall–Kier alpha value is -1.09. The standard InChI is InChI=1S/C13H11ClN4OS3/c1-2-20-12-17-18-13(22-12)21-7-10-15-16-11(19-10)8-3-5-9(14)6-4-8/h3-6H,2,7H2,1H3. The normalized spacial score (nSPS) is 11.0. The summed E-state index contributed by atoms with van der Waals surface area (Å²) in [5.41, 5.74) is 0.852. The predicted octanol–water partition coefficient (Wildman–Crippen LogP) is 4.65. The summed E-state index contributed by atoms with van der Waals surface area (Å²) in [6, 6.07) is 7.30. The van der Waals surface area contributed by atoms with Crippen LogP contribution in [-0.4, -0.2) is 26.1 Å². The first-order valence-corrected chi connectivity index (χ1v) is 9.58. The van der Waals surface area contributed by atoms with Crippen LogP contribution in [-0.2, 0) is 5.75 Å². The van der Waals surface area contributed by atoms with Gasteiger partial charge in [-0.2, -0.15) is 0 Å². The Morgan fingerprint density at radius 2 is 1.77 bits per heavy atom. The van der Waals surface area contributed by atoms with Crippen molar-refractivity contribution in [1.82, 2.24) is 20.4 Å². The lowest BCUT2D eigenvalue weighted by Crippen LogP contribution is -1.80. The molecule has 0 saturated heterocycles. The third kappa shape index (κ3) is 4.01. The van der Waals surface area contributed by atoms with Crippen LogP contribution in [0.5, 0.6) is 0 Å². The Bertz CT molecular complexity index is 744. The van der Waals surface area contributed by atoms with Crippen molar-refractivity contribution in [2.75, 3.05) is 5.75 Å². The zero-order valence-electron chi connectivity index (χ0n) is 11.5. The van der Waals surface area contributed by atoms with Crippen LogP contribution in [0.15, 0.2) is 37.4 Å². The average Bonchev–Trinajstić information content (AvgIpc) is 3.16. The van der Waals surface area contributed by atoms with E-state index in [1.165, 1.54) is 0 Å². The molecule has 3 aromatic rings. The van der Waals surface area contributed by atoms with E-state index in [0.717, 1.165) is 20.0 Å². The molecule has 0 bridgehead atoms. The van der Waals surface area contributed by atoms with Crippen molar-refractivity contribution in [1.29, 1.82) is 0 Å². The van der Waals surface area contributed by atoms with Crippen LogP contribution in [0.2, 0.25) is 5.02 Å². The lowest BCUT2D eigenvalue weighted by Gasteiger charge is -1.94. The van der Waals surface area contributed by atoms with Crippen LogP contribution in [0.1, 0.15) is 12.8 Å². The van der Waals surface area contributed by atoms with Gasteiger partial charge in [0, 0.05) is 10.6 Å². The van der Waals surface area contributed by atoms with E-state index in [-0.39, 0.29) is 0 Å². The van der Waals surface area contributed by atoms with Gasteiger partial charge in [0.2, 0.25) is 11.8 Å². The van der Waals surface area contributed by atoms with Gasteiger partial charge < -0.3 is 4.42 Å². The minimum Gasteiger partial charge on any atom is -0.420 e. The first kappa shape index (κ1) is 15.8. The maximum absolute atomic E-state index is 5.86. The van der Waals surface area contributed by atoms with Gasteiger partial charge in [0.1, 0.15) is 0 Å². The molecule has 1 aromatic carbocycles. The maximum Gasteiger partial charge on any atom is 0.247 e. The quantitative estimate of drug-likeness (QED) is 0.585. The van der Waals surface area contributed by atoms with Crippen LogP contribution in [0.4, 0.5) is 0 Å². The molecule has 0 unspecified atom stereocenters. The molecular formula is C13H11ClN4OS3. The highest BCUT2D eigenvalue weighted by Crippen LogP contribution is 2.30. The lowest BCUT2D eigenvalue weighted by molar-refractivity contribution is 0.528. The van der Waals surface area contributed by atoms with Gasteiger partial charge in [0.25, 0.3) is 0 Å². The van der Waals surface area contributed by atoms with E-state index in [1.54, 1.807) is 47.0 Å². The molecule has 0 spiro atoms. The Labute approximate surface area is 144 Å². The van der Waals surface area contributed by atoms with Gasteiger partial charge in [0.05, 0.1) is 5.75 Å². The van der Waals surface area contributed by atoms with E-state index in [4.69, 9.17) is 16.0 Å². The van der Waals surface area contributed by atoms with E-state index in [2.05, 4.69) is 27.3 Å². The number of nitrogens with zero attached hydrogens (tertiary/aromatic N) is 4. The predicted molar refractivity (Wildman–Crippen MR) is 90.6 cm³/mol. The molecule has 22 heavy (non-hydrogen) atoms. The third-order valence-corrected chi connectivity index (χ3v) is 5.84. The molecule has 0 saturated carbocycles. The molecule has 0 aliphatic carbocycles. The fraction of sp³-hybridized carbons (Fsp3) is 0.231. The van der Waals surface area contributed by atoms with Crippen molar-refractivity contribution in [2.45, 2.75) is 21.4 Å².